The summed E-state index contributed by atoms with van der Waals surface area (Å²) in [7, 11) is 0. The molecule has 34 heavy (non-hydrogen) atoms. The van der Waals surface area contributed by atoms with Crippen molar-refractivity contribution >= 4 is 11.4 Å². The van der Waals surface area contributed by atoms with Crippen LogP contribution in [-0.4, -0.2) is 28.7 Å². The monoisotopic (exact) mass is 504 g/mol. The zero-order valence-electron chi connectivity index (χ0n) is 17.9. The summed E-state index contributed by atoms with van der Waals surface area (Å²) in [5, 5.41) is 19.8. The first kappa shape index (κ1) is 27.6. The normalized spacial score (nSPS) is 15.8. The zero-order valence-corrected chi connectivity index (χ0v) is 17.9. The topological polar surface area (TPSA) is 92.5 Å². The van der Waals surface area contributed by atoms with Crippen molar-refractivity contribution in [1.82, 2.24) is 0 Å². The zero-order chi connectivity index (χ0) is 26.7. The van der Waals surface area contributed by atoms with Crippen LogP contribution in [0.25, 0.3) is 0 Å². The summed E-state index contributed by atoms with van der Waals surface area (Å²) >= 11 is 0. The minimum absolute atomic E-state index is 0.0282. The fourth-order valence-electron chi connectivity index (χ4n) is 3.41. The van der Waals surface area contributed by atoms with Crippen molar-refractivity contribution in [2.24, 2.45) is 0 Å². The van der Waals surface area contributed by atoms with Crippen LogP contribution in [0.5, 0.6) is 0 Å². The van der Waals surface area contributed by atoms with Gasteiger partial charge in [0.25, 0.3) is 5.60 Å². The third kappa shape index (κ3) is 4.26. The number of nitrogen functional groups attached to an aromatic ring is 2. The minimum atomic E-state index is -6.19. The molecule has 4 nitrogen and oxygen atoms in total. The molecule has 0 saturated heterocycles. The number of aliphatic hydroxyl groups is 2. The lowest BCUT2D eigenvalue weighted by Crippen LogP contribution is -2.54. The van der Waals surface area contributed by atoms with Crippen LogP contribution in [0.4, 0.5) is 50.9 Å². The van der Waals surface area contributed by atoms with Crippen LogP contribution in [0.3, 0.4) is 0 Å². The van der Waals surface area contributed by atoms with Crippen LogP contribution in [0.15, 0.2) is 36.4 Å². The molecule has 0 saturated carbocycles. The molecule has 0 bridgehead atoms. The van der Waals surface area contributed by atoms with Crippen LogP contribution in [-0.2, 0) is 16.6 Å². The smallest absolute Gasteiger partial charge is 0.398 e. The van der Waals surface area contributed by atoms with Crippen molar-refractivity contribution in [3.63, 3.8) is 0 Å². The molecule has 0 spiro atoms. The summed E-state index contributed by atoms with van der Waals surface area (Å²) in [6, 6.07) is 5.28. The van der Waals surface area contributed by atoms with E-state index in [0.717, 1.165) is 24.3 Å². The number of halogens is 9. The average molecular weight is 504 g/mol. The van der Waals surface area contributed by atoms with Crippen molar-refractivity contribution < 1.29 is 49.7 Å². The van der Waals surface area contributed by atoms with E-state index in [2.05, 4.69) is 0 Å². The lowest BCUT2D eigenvalue weighted by molar-refractivity contribution is -0.376. The predicted octanol–water partition coefficient (Wildman–Crippen LogP) is 5.26. The van der Waals surface area contributed by atoms with Crippen molar-refractivity contribution in [3.05, 3.63) is 58.7 Å². The number of hydrogen-bond donors (Lipinski definition) is 4. The highest BCUT2D eigenvalue weighted by molar-refractivity contribution is 5.58. The molecule has 0 heterocycles. The van der Waals surface area contributed by atoms with E-state index < -0.39 is 57.6 Å². The maximum Gasteiger partial charge on any atom is 0.430 e. The third-order valence-electron chi connectivity index (χ3n) is 5.84. The van der Waals surface area contributed by atoms with E-state index in [9.17, 15) is 49.7 Å². The van der Waals surface area contributed by atoms with Gasteiger partial charge in [0, 0.05) is 27.9 Å². The van der Waals surface area contributed by atoms with Crippen LogP contribution in [0, 0.1) is 0 Å². The first-order chi connectivity index (χ1) is 15.0. The second kappa shape index (κ2) is 7.94. The maximum absolute atomic E-state index is 13.4. The second-order valence-electron chi connectivity index (χ2n) is 8.50. The van der Waals surface area contributed by atoms with Gasteiger partial charge in [-0.1, -0.05) is 26.0 Å². The first-order valence-corrected chi connectivity index (χ1v) is 9.45. The van der Waals surface area contributed by atoms with Crippen LogP contribution >= 0.6 is 0 Å². The second-order valence-corrected chi connectivity index (χ2v) is 8.50. The van der Waals surface area contributed by atoms with Gasteiger partial charge in [0.1, 0.15) is 0 Å². The molecule has 2 aromatic carbocycles. The Morgan fingerprint density at radius 3 is 1.29 bits per heavy atom. The Hall–Kier alpha value is -2.67. The standard InChI is InChI=1S/C21H21F9N2O2/c1-16(2,10-4-6-14(31)12(8-10)17(3,33)19(22,23)24)11-5-7-15(32)13(9-11)18(34,20(25,26)27)21(28,29)30/h4-9,33-34H,31-32H2,1-3H3. The van der Waals surface area contributed by atoms with E-state index in [1.165, 1.54) is 19.9 Å². The molecule has 0 amide bonds. The molecule has 2 rings (SSSR count). The van der Waals surface area contributed by atoms with Gasteiger partial charge < -0.3 is 21.7 Å². The molecule has 0 aliphatic rings. The summed E-state index contributed by atoms with van der Waals surface area (Å²) in [5.74, 6) is 0. The largest absolute Gasteiger partial charge is 0.430 e. The Bertz CT molecular complexity index is 1060. The first-order valence-electron chi connectivity index (χ1n) is 9.45. The molecule has 1 atom stereocenters. The molecule has 1 unspecified atom stereocenters. The van der Waals surface area contributed by atoms with Crippen LogP contribution in [0.1, 0.15) is 43.0 Å². The number of anilines is 2. The number of rotatable bonds is 4. The van der Waals surface area contributed by atoms with E-state index in [0.29, 0.717) is 13.0 Å². The van der Waals surface area contributed by atoms with E-state index >= 15 is 0 Å². The van der Waals surface area contributed by atoms with Gasteiger partial charge in [0.05, 0.1) is 0 Å². The molecule has 0 aromatic heterocycles. The van der Waals surface area contributed by atoms with E-state index in [1.807, 2.05) is 0 Å². The average Bonchev–Trinajstić information content (AvgIpc) is 2.64. The van der Waals surface area contributed by atoms with Gasteiger partial charge in [-0.2, -0.15) is 39.5 Å². The van der Waals surface area contributed by atoms with Gasteiger partial charge in [-0.25, -0.2) is 0 Å². The molecule has 13 heteroatoms. The maximum atomic E-state index is 13.4. The highest BCUT2D eigenvalue weighted by Gasteiger charge is 2.72. The Morgan fingerprint density at radius 2 is 0.941 bits per heavy atom. The quantitative estimate of drug-likeness (QED) is 0.338. The van der Waals surface area contributed by atoms with Crippen LogP contribution in [0.2, 0.25) is 0 Å². The fraction of sp³-hybridized carbons (Fsp3) is 0.429. The van der Waals surface area contributed by atoms with Crippen molar-refractivity contribution in [1.29, 1.82) is 0 Å². The lowest BCUT2D eigenvalue weighted by atomic mass is 9.75. The number of nitrogens with two attached hydrogens (primary N) is 2. The fourth-order valence-corrected chi connectivity index (χ4v) is 3.41. The van der Waals surface area contributed by atoms with Gasteiger partial charge in [-0.15, -0.1) is 0 Å². The predicted molar refractivity (Wildman–Crippen MR) is 105 cm³/mol. The van der Waals surface area contributed by atoms with Gasteiger partial charge in [0.2, 0.25) is 0 Å². The molecule has 0 aliphatic carbocycles. The molecule has 0 fully saturated rings. The Morgan fingerprint density at radius 1 is 0.588 bits per heavy atom. The minimum Gasteiger partial charge on any atom is -0.398 e. The number of hydrogen-bond acceptors (Lipinski definition) is 4. The van der Waals surface area contributed by atoms with Crippen molar-refractivity contribution in [3.8, 4) is 0 Å². The Kier molecular flexibility index (Phi) is 6.44. The number of benzene rings is 2. The summed E-state index contributed by atoms with van der Waals surface area (Å²) in [4.78, 5) is 0. The molecule has 2 aromatic rings. The molecular formula is C21H21F9N2O2. The molecule has 190 valence electrons. The molecule has 0 radical (unpaired) electrons. The number of alkyl halides is 9. The summed E-state index contributed by atoms with van der Waals surface area (Å²) in [6.07, 6.45) is -17.5. The van der Waals surface area contributed by atoms with E-state index in [4.69, 9.17) is 11.5 Å². The molecule has 6 N–H and O–H groups in total. The van der Waals surface area contributed by atoms with E-state index in [-0.39, 0.29) is 11.1 Å². The summed E-state index contributed by atoms with van der Waals surface area (Å²) in [6.45, 7) is 3.06. The highest BCUT2D eigenvalue weighted by Crippen LogP contribution is 2.52. The summed E-state index contributed by atoms with van der Waals surface area (Å²) < 4.78 is 120. The van der Waals surface area contributed by atoms with Gasteiger partial charge >= 0.3 is 18.5 Å². The SMILES string of the molecule is CC(C)(c1ccc(N)c(C(C)(O)C(F)(F)F)c1)c1ccc(N)c(C(O)(C(F)(F)F)C(F)(F)F)c1. The highest BCUT2D eigenvalue weighted by atomic mass is 19.4. The Balaban J connectivity index is 2.77. The lowest BCUT2D eigenvalue weighted by Gasteiger charge is -2.35. The van der Waals surface area contributed by atoms with Crippen molar-refractivity contribution in [2.45, 2.75) is 55.9 Å². The van der Waals surface area contributed by atoms with Gasteiger partial charge in [0.15, 0.2) is 5.60 Å². The summed E-state index contributed by atoms with van der Waals surface area (Å²) in [5.41, 5.74) is -3.43. The third-order valence-corrected chi connectivity index (χ3v) is 5.84. The Labute approximate surface area is 188 Å². The molecule has 0 aliphatic heterocycles. The van der Waals surface area contributed by atoms with Crippen molar-refractivity contribution in [2.75, 3.05) is 11.5 Å². The molecular weight excluding hydrogens is 483 g/mol. The van der Waals surface area contributed by atoms with E-state index in [1.54, 1.807) is 0 Å². The van der Waals surface area contributed by atoms with Crippen LogP contribution < -0.4 is 11.5 Å². The van der Waals surface area contributed by atoms with Gasteiger partial charge in [-0.05, 0) is 42.3 Å². The van der Waals surface area contributed by atoms with Gasteiger partial charge in [-0.3, -0.25) is 0 Å².